The number of hydrogen-bond acceptors (Lipinski definition) is 6. The lowest BCUT2D eigenvalue weighted by Gasteiger charge is -2.27. The highest BCUT2D eigenvalue weighted by molar-refractivity contribution is 14.0. The van der Waals surface area contributed by atoms with Gasteiger partial charge in [-0.2, -0.15) is 0 Å². The van der Waals surface area contributed by atoms with Gasteiger partial charge < -0.3 is 20.1 Å². The van der Waals surface area contributed by atoms with Crippen molar-refractivity contribution in [3.8, 4) is 0 Å². The van der Waals surface area contributed by atoms with Crippen LogP contribution in [0.4, 0.5) is 0 Å². The second-order valence-electron chi connectivity index (χ2n) is 4.26. The van der Waals surface area contributed by atoms with E-state index in [0.29, 0.717) is 31.4 Å². The number of aromatic nitrogens is 3. The van der Waals surface area contributed by atoms with Crippen LogP contribution in [0.2, 0.25) is 0 Å². The normalized spacial score (nSPS) is 15.5. The number of ether oxygens (including phenoxy) is 2. The highest BCUT2D eigenvalue weighted by Gasteiger charge is 2.12. The monoisotopic (exact) mass is 410 g/mol. The number of aliphatic imine (C=N–C) groups is 1. The Morgan fingerprint density at radius 3 is 2.90 bits per heavy atom. The lowest BCUT2D eigenvalue weighted by Crippen LogP contribution is -2.44. The molecule has 0 unspecified atom stereocenters. The van der Waals surface area contributed by atoms with Gasteiger partial charge in [-0.3, -0.25) is 4.79 Å². The summed E-state index contributed by atoms with van der Waals surface area (Å²) in [6.45, 7) is 3.16. The van der Waals surface area contributed by atoms with Crippen LogP contribution in [-0.4, -0.2) is 65.2 Å². The molecule has 1 fully saturated rings. The van der Waals surface area contributed by atoms with Crippen LogP contribution < -0.4 is 5.73 Å². The number of esters is 1. The Balaban J connectivity index is 0.00000220. The molecule has 2 rings (SSSR count). The molecule has 21 heavy (non-hydrogen) atoms. The van der Waals surface area contributed by atoms with Crippen molar-refractivity contribution in [1.82, 2.24) is 19.9 Å². The first-order valence-corrected chi connectivity index (χ1v) is 6.27. The molecule has 1 aromatic heterocycles. The Morgan fingerprint density at radius 1 is 1.52 bits per heavy atom. The third kappa shape index (κ3) is 5.46. The van der Waals surface area contributed by atoms with E-state index in [4.69, 9.17) is 10.5 Å². The van der Waals surface area contributed by atoms with E-state index < -0.39 is 0 Å². The summed E-state index contributed by atoms with van der Waals surface area (Å²) in [7, 11) is 1.33. The minimum absolute atomic E-state index is 0. The van der Waals surface area contributed by atoms with Crippen molar-refractivity contribution in [2.45, 2.75) is 13.1 Å². The van der Waals surface area contributed by atoms with E-state index in [1.54, 1.807) is 6.20 Å². The first-order chi connectivity index (χ1) is 9.69. The van der Waals surface area contributed by atoms with Gasteiger partial charge in [0.1, 0.15) is 12.2 Å². The number of halogens is 1. The molecule has 1 saturated heterocycles. The van der Waals surface area contributed by atoms with Gasteiger partial charge in [-0.1, -0.05) is 5.21 Å². The van der Waals surface area contributed by atoms with E-state index in [1.165, 1.54) is 11.8 Å². The van der Waals surface area contributed by atoms with Gasteiger partial charge in [-0.05, 0) is 0 Å². The average molecular weight is 410 g/mol. The molecule has 1 aliphatic rings. The van der Waals surface area contributed by atoms with Gasteiger partial charge in [0.15, 0.2) is 5.96 Å². The van der Waals surface area contributed by atoms with E-state index in [9.17, 15) is 4.79 Å². The molecule has 0 radical (unpaired) electrons. The molecule has 1 aromatic rings. The van der Waals surface area contributed by atoms with E-state index in [1.807, 2.05) is 4.90 Å². The van der Waals surface area contributed by atoms with Gasteiger partial charge in [0.05, 0.1) is 33.1 Å². The van der Waals surface area contributed by atoms with Crippen molar-refractivity contribution in [1.29, 1.82) is 0 Å². The van der Waals surface area contributed by atoms with Crippen LogP contribution in [0.15, 0.2) is 11.2 Å². The number of rotatable bonds is 4. The molecule has 9 nitrogen and oxygen atoms in total. The number of morpholine rings is 1. The molecule has 118 valence electrons. The van der Waals surface area contributed by atoms with E-state index in [2.05, 4.69) is 20.0 Å². The van der Waals surface area contributed by atoms with Gasteiger partial charge in [-0.15, -0.1) is 29.1 Å². The third-order valence-corrected chi connectivity index (χ3v) is 2.84. The minimum atomic E-state index is -0.377. The lowest BCUT2D eigenvalue weighted by molar-refractivity contribution is -0.141. The van der Waals surface area contributed by atoms with E-state index in [0.717, 1.165) is 13.1 Å². The Bertz CT molecular complexity index is 486. The Morgan fingerprint density at radius 2 is 2.24 bits per heavy atom. The number of methoxy groups -OCH3 is 1. The maximum absolute atomic E-state index is 11.1. The van der Waals surface area contributed by atoms with Gasteiger partial charge in [0.25, 0.3) is 0 Å². The fourth-order valence-corrected chi connectivity index (χ4v) is 1.74. The molecule has 2 N–H and O–H groups in total. The molecule has 0 aromatic carbocycles. The van der Waals surface area contributed by atoms with Gasteiger partial charge in [0, 0.05) is 13.1 Å². The smallest absolute Gasteiger partial charge is 0.327 e. The van der Waals surface area contributed by atoms with Crippen LogP contribution in [0, 0.1) is 0 Å². The highest BCUT2D eigenvalue weighted by atomic mass is 127. The quantitative estimate of drug-likeness (QED) is 0.300. The number of nitrogens with zero attached hydrogens (tertiary/aromatic N) is 5. The van der Waals surface area contributed by atoms with E-state index in [-0.39, 0.29) is 36.5 Å². The maximum atomic E-state index is 11.1. The Hall–Kier alpha value is -1.43. The summed E-state index contributed by atoms with van der Waals surface area (Å²) in [5.41, 5.74) is 6.54. The van der Waals surface area contributed by atoms with Crippen LogP contribution in [0.3, 0.4) is 0 Å². The summed E-state index contributed by atoms with van der Waals surface area (Å²) < 4.78 is 11.2. The molecule has 0 bridgehead atoms. The van der Waals surface area contributed by atoms with Crippen LogP contribution in [0.1, 0.15) is 5.69 Å². The van der Waals surface area contributed by atoms with E-state index >= 15 is 0 Å². The number of hydrogen-bond donors (Lipinski definition) is 1. The van der Waals surface area contributed by atoms with Crippen molar-refractivity contribution in [2.24, 2.45) is 10.7 Å². The molecular formula is C11H19IN6O3. The summed E-state index contributed by atoms with van der Waals surface area (Å²) in [5, 5.41) is 7.74. The summed E-state index contributed by atoms with van der Waals surface area (Å²) >= 11 is 0. The third-order valence-electron chi connectivity index (χ3n) is 2.84. The highest BCUT2D eigenvalue weighted by Crippen LogP contribution is 2.00. The summed E-state index contributed by atoms with van der Waals surface area (Å²) in [6, 6.07) is 0. The number of carbonyl (C=O) groups excluding carboxylic acids is 1. The number of carbonyl (C=O) groups is 1. The fraction of sp³-hybridized carbons (Fsp3) is 0.636. The van der Waals surface area contributed by atoms with Gasteiger partial charge in [0.2, 0.25) is 0 Å². The molecule has 0 amide bonds. The number of guanidine groups is 1. The fourth-order valence-electron chi connectivity index (χ4n) is 1.74. The zero-order valence-corrected chi connectivity index (χ0v) is 14.1. The largest absolute Gasteiger partial charge is 0.468 e. The SMILES string of the molecule is COC(=O)Cn1cc(CN=C(N)N2CCOCC2)nn1.I. The van der Waals surface area contributed by atoms with Gasteiger partial charge >= 0.3 is 5.97 Å². The first-order valence-electron chi connectivity index (χ1n) is 6.27. The Labute approximate surface area is 139 Å². The first kappa shape index (κ1) is 17.6. The predicted octanol–water partition coefficient (Wildman–Crippen LogP) is -0.784. The molecule has 2 heterocycles. The second-order valence-corrected chi connectivity index (χ2v) is 4.26. The molecular weight excluding hydrogens is 391 g/mol. The van der Waals surface area contributed by atoms with Gasteiger partial charge in [-0.25, -0.2) is 9.67 Å². The minimum Gasteiger partial charge on any atom is -0.468 e. The lowest BCUT2D eigenvalue weighted by atomic mass is 10.4. The zero-order chi connectivity index (χ0) is 14.4. The van der Waals surface area contributed by atoms with Crippen molar-refractivity contribution in [3.05, 3.63) is 11.9 Å². The standard InChI is InChI=1S/C11H18N6O3.HI/c1-19-10(18)8-17-7-9(14-15-17)6-13-11(12)16-2-4-20-5-3-16;/h7H,2-6,8H2,1H3,(H2,12,13);1H. The zero-order valence-electron chi connectivity index (χ0n) is 11.8. The number of nitrogens with two attached hydrogens (primary N) is 1. The molecule has 10 heteroatoms. The second kappa shape index (κ2) is 8.77. The van der Waals surface area contributed by atoms with Crippen LogP contribution in [0.5, 0.6) is 0 Å². The summed E-state index contributed by atoms with van der Waals surface area (Å²) in [5.74, 6) is 0.0913. The molecule has 0 spiro atoms. The average Bonchev–Trinajstić information content (AvgIpc) is 2.93. The predicted molar refractivity (Wildman–Crippen MR) is 85.2 cm³/mol. The van der Waals surface area contributed by atoms with Crippen LogP contribution in [0.25, 0.3) is 0 Å². The van der Waals surface area contributed by atoms with Crippen molar-refractivity contribution in [2.75, 3.05) is 33.4 Å². The Kier molecular flexibility index (Phi) is 7.36. The van der Waals surface area contributed by atoms with Crippen LogP contribution >= 0.6 is 24.0 Å². The maximum Gasteiger partial charge on any atom is 0.327 e. The molecule has 1 aliphatic heterocycles. The summed E-state index contributed by atoms with van der Waals surface area (Å²) in [6.07, 6.45) is 1.65. The van der Waals surface area contributed by atoms with Crippen molar-refractivity contribution in [3.63, 3.8) is 0 Å². The van der Waals surface area contributed by atoms with Crippen molar-refractivity contribution >= 4 is 35.9 Å². The molecule has 0 aliphatic carbocycles. The van der Waals surface area contributed by atoms with Crippen LogP contribution in [-0.2, 0) is 27.4 Å². The molecule has 0 atom stereocenters. The topological polar surface area (TPSA) is 108 Å². The summed E-state index contributed by atoms with van der Waals surface area (Å²) in [4.78, 5) is 17.3. The molecule has 0 saturated carbocycles. The van der Waals surface area contributed by atoms with Crippen molar-refractivity contribution < 1.29 is 14.3 Å².